The molecular weight excluding hydrogens is 445 g/mol. The van der Waals surface area contributed by atoms with E-state index in [1.165, 1.54) is 0 Å². The first-order valence-corrected chi connectivity index (χ1v) is 13.2. The van der Waals surface area contributed by atoms with Gasteiger partial charge in [-0.2, -0.15) is 5.06 Å². The van der Waals surface area contributed by atoms with Gasteiger partial charge in [-0.25, -0.2) is 9.42 Å². The second kappa shape index (κ2) is 9.50. The van der Waals surface area contributed by atoms with E-state index in [4.69, 9.17) is 9.36 Å². The molecule has 0 radical (unpaired) electrons. The van der Waals surface area contributed by atoms with Crippen LogP contribution in [0.4, 0.5) is 0 Å². The molecule has 0 saturated carbocycles. The minimum atomic E-state index is -3.43. The number of piperidine rings is 1. The van der Waals surface area contributed by atoms with Crippen molar-refractivity contribution in [2.75, 3.05) is 0 Å². The summed E-state index contributed by atoms with van der Waals surface area (Å²) in [6, 6.07) is 27.7. The van der Waals surface area contributed by atoms with Gasteiger partial charge < -0.3 is 4.74 Å². The first kappa shape index (κ1) is 24.4. The molecule has 0 atom stereocenters. The van der Waals surface area contributed by atoms with Gasteiger partial charge in [0, 0.05) is 34.5 Å². The van der Waals surface area contributed by atoms with Crippen LogP contribution in [0.1, 0.15) is 50.9 Å². The molecule has 0 amide bonds. The van der Waals surface area contributed by atoms with Crippen LogP contribution in [0.25, 0.3) is 0 Å². The van der Waals surface area contributed by atoms with Crippen LogP contribution in [-0.4, -0.2) is 28.2 Å². The Hall–Kier alpha value is -2.72. The van der Waals surface area contributed by atoms with Crippen LogP contribution in [0.5, 0.6) is 0 Å². The lowest BCUT2D eigenvalue weighted by Crippen LogP contribution is -2.62. The highest BCUT2D eigenvalue weighted by Crippen LogP contribution is 2.51. The Kier molecular flexibility index (Phi) is 6.82. The second-order valence-electron chi connectivity index (χ2n) is 10.0. The normalized spacial score (nSPS) is 18.4. The second-order valence-corrected chi connectivity index (χ2v) is 12.3. The highest BCUT2D eigenvalue weighted by atomic mass is 31.2. The first-order chi connectivity index (χ1) is 16.1. The van der Waals surface area contributed by atoms with Gasteiger partial charge >= 0.3 is 5.97 Å². The quantitative estimate of drug-likeness (QED) is 0.335. The molecule has 1 fully saturated rings. The molecule has 5 nitrogen and oxygen atoms in total. The number of hydrogen-bond acceptors (Lipinski definition) is 5. The molecule has 0 aliphatic carbocycles. The molecule has 4 rings (SSSR count). The Morgan fingerprint density at radius 1 is 0.765 bits per heavy atom. The molecule has 3 aromatic rings. The summed E-state index contributed by atoms with van der Waals surface area (Å²) < 4.78 is 27.0. The molecule has 0 bridgehead atoms. The van der Waals surface area contributed by atoms with E-state index in [1.54, 1.807) is 12.1 Å². The summed E-state index contributed by atoms with van der Waals surface area (Å²) in [7, 11) is -3.43. The third-order valence-electron chi connectivity index (χ3n) is 6.23. The van der Waals surface area contributed by atoms with Crippen molar-refractivity contribution in [2.24, 2.45) is 0 Å². The van der Waals surface area contributed by atoms with Crippen LogP contribution in [-0.2, 0) is 13.9 Å². The predicted octanol–water partition coefficient (Wildman–Crippen LogP) is 5.73. The van der Waals surface area contributed by atoms with E-state index in [0.29, 0.717) is 29.0 Å². The third-order valence-corrected chi connectivity index (χ3v) is 8.58. The molecule has 3 aromatic carbocycles. The van der Waals surface area contributed by atoms with Crippen molar-refractivity contribution in [3.63, 3.8) is 0 Å². The van der Waals surface area contributed by atoms with Crippen molar-refractivity contribution in [1.82, 2.24) is 5.06 Å². The maximum atomic E-state index is 14.6. The zero-order valence-electron chi connectivity index (χ0n) is 20.2. The van der Waals surface area contributed by atoms with E-state index >= 15 is 0 Å². The SMILES string of the molecule is CC1(C)CC(OC(=O)c2ccccc2)CC(C)(C)N1OP(=O)(c1ccccc1)c1ccccc1. The number of carbonyl (C=O) groups excluding carboxylic acids is 1. The van der Waals surface area contributed by atoms with Crippen molar-refractivity contribution in [2.45, 2.75) is 57.7 Å². The molecule has 0 aromatic heterocycles. The van der Waals surface area contributed by atoms with Gasteiger partial charge in [-0.3, -0.25) is 4.57 Å². The van der Waals surface area contributed by atoms with Gasteiger partial charge in [0.05, 0.1) is 5.56 Å². The van der Waals surface area contributed by atoms with Gasteiger partial charge in [-0.05, 0) is 64.1 Å². The largest absolute Gasteiger partial charge is 0.459 e. The number of carbonyl (C=O) groups is 1. The zero-order valence-corrected chi connectivity index (χ0v) is 21.1. The van der Waals surface area contributed by atoms with Gasteiger partial charge in [0.1, 0.15) is 6.10 Å². The number of rotatable bonds is 6. The summed E-state index contributed by atoms with van der Waals surface area (Å²) in [5.74, 6) is -0.328. The fraction of sp³-hybridized carbons (Fsp3) is 0.321. The van der Waals surface area contributed by atoms with Crippen molar-refractivity contribution < 1.29 is 18.7 Å². The Balaban J connectivity index is 1.62. The topological polar surface area (TPSA) is 55.8 Å². The number of ether oxygens (including phenoxy) is 1. The van der Waals surface area contributed by atoms with Crippen molar-refractivity contribution in [3.8, 4) is 0 Å². The monoisotopic (exact) mass is 477 g/mol. The van der Waals surface area contributed by atoms with Crippen LogP contribution < -0.4 is 10.6 Å². The van der Waals surface area contributed by atoms with Gasteiger partial charge in [0.15, 0.2) is 0 Å². The molecule has 6 heteroatoms. The molecule has 178 valence electrons. The highest BCUT2D eigenvalue weighted by molar-refractivity contribution is 7.74. The van der Waals surface area contributed by atoms with Crippen LogP contribution in [0.3, 0.4) is 0 Å². The zero-order chi connectivity index (χ0) is 24.4. The lowest BCUT2D eigenvalue weighted by Gasteiger charge is -2.53. The number of hydroxylamine groups is 2. The smallest absolute Gasteiger partial charge is 0.338 e. The summed E-state index contributed by atoms with van der Waals surface area (Å²) in [4.78, 5) is 12.7. The average Bonchev–Trinajstić information content (AvgIpc) is 2.82. The number of esters is 1. The van der Waals surface area contributed by atoms with Crippen LogP contribution in [0, 0.1) is 0 Å². The van der Waals surface area contributed by atoms with E-state index in [1.807, 2.05) is 112 Å². The van der Waals surface area contributed by atoms with Gasteiger partial charge in [-0.15, -0.1) is 0 Å². The molecule has 0 spiro atoms. The van der Waals surface area contributed by atoms with E-state index in [9.17, 15) is 9.36 Å². The van der Waals surface area contributed by atoms with Gasteiger partial charge in [0.2, 0.25) is 0 Å². The molecule has 1 saturated heterocycles. The maximum Gasteiger partial charge on any atom is 0.338 e. The Bertz CT molecular complexity index is 1100. The van der Waals surface area contributed by atoms with Crippen LogP contribution in [0.2, 0.25) is 0 Å². The maximum absolute atomic E-state index is 14.6. The molecule has 1 heterocycles. The number of benzene rings is 3. The molecule has 34 heavy (non-hydrogen) atoms. The average molecular weight is 478 g/mol. The minimum Gasteiger partial charge on any atom is -0.459 e. The highest BCUT2D eigenvalue weighted by Gasteiger charge is 2.50. The Morgan fingerprint density at radius 3 is 1.62 bits per heavy atom. The Morgan fingerprint density at radius 2 is 1.18 bits per heavy atom. The molecular formula is C28H32NO4P. The molecule has 0 unspecified atom stereocenters. The summed E-state index contributed by atoms with van der Waals surface area (Å²) in [6.07, 6.45) is 0.822. The van der Waals surface area contributed by atoms with Gasteiger partial charge in [-0.1, -0.05) is 54.6 Å². The third kappa shape index (κ3) is 5.02. The number of nitrogens with zero attached hydrogens (tertiary/aromatic N) is 1. The van der Waals surface area contributed by atoms with E-state index in [-0.39, 0.29) is 12.1 Å². The van der Waals surface area contributed by atoms with E-state index in [2.05, 4.69) is 0 Å². The number of hydrogen-bond donors (Lipinski definition) is 0. The lowest BCUT2D eigenvalue weighted by molar-refractivity contribution is -0.232. The standard InChI is InChI=1S/C28H32NO4P/c1-27(2)20-23(32-26(30)22-14-8-5-9-15-22)21-28(3,4)29(27)33-34(31,24-16-10-6-11-17-24)25-18-12-7-13-19-25/h5-19,23H,20-21H2,1-4H3. The Labute approximate surface area is 202 Å². The van der Waals surface area contributed by atoms with Crippen LogP contribution in [0.15, 0.2) is 91.0 Å². The van der Waals surface area contributed by atoms with Crippen molar-refractivity contribution >= 4 is 23.9 Å². The first-order valence-electron chi connectivity index (χ1n) is 11.6. The minimum absolute atomic E-state index is 0.287. The van der Waals surface area contributed by atoms with E-state index < -0.39 is 18.4 Å². The molecule has 0 N–H and O–H groups in total. The summed E-state index contributed by atoms with van der Waals surface area (Å²) >= 11 is 0. The van der Waals surface area contributed by atoms with Crippen LogP contribution >= 0.6 is 7.37 Å². The lowest BCUT2D eigenvalue weighted by atomic mass is 9.80. The summed E-state index contributed by atoms with van der Waals surface area (Å²) in [5.41, 5.74) is -0.542. The summed E-state index contributed by atoms with van der Waals surface area (Å²) in [6.45, 7) is 8.16. The molecule has 1 aliphatic rings. The predicted molar refractivity (Wildman–Crippen MR) is 136 cm³/mol. The summed E-state index contributed by atoms with van der Waals surface area (Å²) in [5, 5.41) is 3.16. The molecule has 1 aliphatic heterocycles. The van der Waals surface area contributed by atoms with Crippen molar-refractivity contribution in [3.05, 3.63) is 96.6 Å². The van der Waals surface area contributed by atoms with Gasteiger partial charge in [0.25, 0.3) is 7.37 Å². The fourth-order valence-corrected chi connectivity index (χ4v) is 7.16. The fourth-order valence-electron chi connectivity index (χ4n) is 4.88. The van der Waals surface area contributed by atoms with Crippen molar-refractivity contribution in [1.29, 1.82) is 0 Å². The van der Waals surface area contributed by atoms with E-state index in [0.717, 1.165) is 0 Å².